The summed E-state index contributed by atoms with van der Waals surface area (Å²) < 4.78 is 14.5. The van der Waals surface area contributed by atoms with Crippen LogP contribution in [-0.2, 0) is 9.59 Å². The number of nitrogens with zero attached hydrogens (tertiary/aromatic N) is 2. The number of carbonyl (C=O) groups excluding carboxylic acids is 2. The normalized spacial score (nSPS) is 29.0. The third-order valence-electron chi connectivity index (χ3n) is 5.97. The highest BCUT2D eigenvalue weighted by atomic mass is 19.1. The van der Waals surface area contributed by atoms with Crippen molar-refractivity contribution in [2.75, 3.05) is 24.5 Å². The number of piperidine rings is 1. The van der Waals surface area contributed by atoms with Gasteiger partial charge in [0, 0.05) is 25.3 Å². The van der Waals surface area contributed by atoms with Crippen LogP contribution < -0.4 is 4.90 Å². The van der Waals surface area contributed by atoms with Crippen LogP contribution in [0.2, 0.25) is 0 Å². The van der Waals surface area contributed by atoms with Crippen molar-refractivity contribution in [3.63, 3.8) is 0 Å². The molecule has 1 atom stereocenters. The lowest BCUT2D eigenvalue weighted by molar-refractivity contribution is -0.154. The number of amides is 2. The topological polar surface area (TPSA) is 40.6 Å². The quantitative estimate of drug-likeness (QED) is 0.836. The molecule has 0 unspecified atom stereocenters. The van der Waals surface area contributed by atoms with Crippen molar-refractivity contribution in [3.8, 4) is 0 Å². The van der Waals surface area contributed by atoms with E-state index in [1.807, 2.05) is 35.2 Å². The standard InChI is InChI=1S/C19H23FN2O2/c20-19(9-4-10-19)17(24)21-12-5-8-18(14-21)11-13-22(16(18)23)15-6-2-1-3-7-15/h1-3,6-7H,4-5,8-14H2/t18-/m0/s1. The van der Waals surface area contributed by atoms with Gasteiger partial charge in [-0.3, -0.25) is 9.59 Å². The highest BCUT2D eigenvalue weighted by molar-refractivity contribution is 6.00. The van der Waals surface area contributed by atoms with Gasteiger partial charge in [-0.05, 0) is 50.7 Å². The molecule has 0 bridgehead atoms. The average molecular weight is 330 g/mol. The van der Waals surface area contributed by atoms with Crippen LogP contribution in [0.4, 0.5) is 10.1 Å². The summed E-state index contributed by atoms with van der Waals surface area (Å²) in [5.41, 5.74) is -1.29. The van der Waals surface area contributed by atoms with Gasteiger partial charge in [-0.1, -0.05) is 18.2 Å². The number of anilines is 1. The molecule has 3 fully saturated rings. The Morgan fingerprint density at radius 2 is 1.75 bits per heavy atom. The van der Waals surface area contributed by atoms with E-state index >= 15 is 0 Å². The zero-order valence-electron chi connectivity index (χ0n) is 13.8. The maximum absolute atomic E-state index is 14.5. The maximum Gasteiger partial charge on any atom is 0.260 e. The van der Waals surface area contributed by atoms with Gasteiger partial charge in [-0.25, -0.2) is 4.39 Å². The van der Waals surface area contributed by atoms with Crippen LogP contribution in [0.1, 0.15) is 38.5 Å². The lowest BCUT2D eigenvalue weighted by Gasteiger charge is -2.43. The third kappa shape index (κ3) is 2.33. The fourth-order valence-corrected chi connectivity index (χ4v) is 4.34. The zero-order valence-corrected chi connectivity index (χ0v) is 13.8. The summed E-state index contributed by atoms with van der Waals surface area (Å²) in [7, 11) is 0. The first kappa shape index (κ1) is 15.6. The number of hydrogen-bond donors (Lipinski definition) is 0. The molecule has 1 aromatic carbocycles. The van der Waals surface area contributed by atoms with Crippen molar-refractivity contribution >= 4 is 17.5 Å². The van der Waals surface area contributed by atoms with Crippen molar-refractivity contribution in [2.45, 2.75) is 44.2 Å². The smallest absolute Gasteiger partial charge is 0.260 e. The van der Waals surface area contributed by atoms with E-state index in [-0.39, 0.29) is 5.91 Å². The molecule has 1 spiro atoms. The van der Waals surface area contributed by atoms with Gasteiger partial charge in [0.2, 0.25) is 5.91 Å². The minimum Gasteiger partial charge on any atom is -0.339 e. The first-order valence-corrected chi connectivity index (χ1v) is 8.90. The summed E-state index contributed by atoms with van der Waals surface area (Å²) in [6.45, 7) is 1.62. The van der Waals surface area contributed by atoms with Crippen LogP contribution >= 0.6 is 0 Å². The van der Waals surface area contributed by atoms with Crippen LogP contribution in [0.3, 0.4) is 0 Å². The zero-order chi connectivity index (χ0) is 16.8. The summed E-state index contributed by atoms with van der Waals surface area (Å²) in [6.07, 6.45) is 3.75. The van der Waals surface area contributed by atoms with Crippen molar-refractivity contribution in [2.24, 2.45) is 5.41 Å². The van der Waals surface area contributed by atoms with E-state index in [0.29, 0.717) is 32.5 Å². The Bertz CT molecular complexity index is 659. The molecule has 4 rings (SSSR count). The molecule has 2 saturated heterocycles. The number of halogens is 1. The fourth-order valence-electron chi connectivity index (χ4n) is 4.34. The Balaban J connectivity index is 1.53. The van der Waals surface area contributed by atoms with Crippen molar-refractivity contribution in [1.29, 1.82) is 0 Å². The minimum atomic E-state index is -1.67. The number of benzene rings is 1. The number of rotatable bonds is 2. The van der Waals surface area contributed by atoms with E-state index in [9.17, 15) is 14.0 Å². The molecule has 1 aliphatic carbocycles. The van der Waals surface area contributed by atoms with Gasteiger partial charge in [0.05, 0.1) is 5.41 Å². The molecule has 3 aliphatic rings. The van der Waals surface area contributed by atoms with Gasteiger partial charge in [-0.15, -0.1) is 0 Å². The SMILES string of the molecule is O=C(N1CCC[C@]2(CCN(c3ccccc3)C2=O)C1)C1(F)CCC1. The Labute approximate surface area is 141 Å². The van der Waals surface area contributed by atoms with Crippen molar-refractivity contribution in [3.05, 3.63) is 30.3 Å². The lowest BCUT2D eigenvalue weighted by atomic mass is 9.76. The predicted octanol–water partition coefficient (Wildman–Crippen LogP) is 2.92. The molecule has 128 valence electrons. The maximum atomic E-state index is 14.5. The van der Waals surface area contributed by atoms with Crippen molar-refractivity contribution in [1.82, 2.24) is 4.90 Å². The van der Waals surface area contributed by atoms with E-state index in [2.05, 4.69) is 0 Å². The molecule has 4 nitrogen and oxygen atoms in total. The largest absolute Gasteiger partial charge is 0.339 e. The lowest BCUT2D eigenvalue weighted by Crippen LogP contribution is -2.56. The van der Waals surface area contributed by atoms with Crippen molar-refractivity contribution < 1.29 is 14.0 Å². The molecule has 1 aromatic rings. The van der Waals surface area contributed by atoms with Crippen LogP contribution in [0.5, 0.6) is 0 Å². The molecule has 5 heteroatoms. The third-order valence-corrected chi connectivity index (χ3v) is 5.97. The second-order valence-electron chi connectivity index (χ2n) is 7.47. The number of alkyl halides is 1. The molecule has 1 saturated carbocycles. The molecular formula is C19H23FN2O2. The summed E-state index contributed by atoms with van der Waals surface area (Å²) in [5.74, 6) is -0.300. The molecule has 2 aliphatic heterocycles. The Hall–Kier alpha value is -1.91. The van der Waals surface area contributed by atoms with Crippen LogP contribution in [0.25, 0.3) is 0 Å². The number of para-hydroxylation sites is 1. The van der Waals surface area contributed by atoms with E-state index in [4.69, 9.17) is 0 Å². The number of likely N-dealkylation sites (tertiary alicyclic amines) is 1. The molecule has 24 heavy (non-hydrogen) atoms. The highest BCUT2D eigenvalue weighted by Crippen LogP contribution is 2.44. The molecular weight excluding hydrogens is 307 g/mol. The average Bonchev–Trinajstić information content (AvgIpc) is 2.89. The second-order valence-corrected chi connectivity index (χ2v) is 7.47. The molecule has 0 N–H and O–H groups in total. The van der Waals surface area contributed by atoms with E-state index < -0.39 is 17.0 Å². The summed E-state index contributed by atoms with van der Waals surface area (Å²) in [4.78, 5) is 29.0. The van der Waals surface area contributed by atoms with Gasteiger partial charge in [0.25, 0.3) is 5.91 Å². The number of carbonyl (C=O) groups is 2. The van der Waals surface area contributed by atoms with E-state index in [1.54, 1.807) is 4.90 Å². The summed E-state index contributed by atoms with van der Waals surface area (Å²) in [5, 5.41) is 0. The molecule has 0 radical (unpaired) electrons. The summed E-state index contributed by atoms with van der Waals surface area (Å²) >= 11 is 0. The first-order chi connectivity index (χ1) is 11.5. The van der Waals surface area contributed by atoms with Gasteiger partial charge < -0.3 is 9.80 Å². The van der Waals surface area contributed by atoms with Gasteiger partial charge >= 0.3 is 0 Å². The Kier molecular flexibility index (Phi) is 3.62. The molecule has 0 aromatic heterocycles. The Morgan fingerprint density at radius 1 is 1.00 bits per heavy atom. The van der Waals surface area contributed by atoms with Crippen LogP contribution in [-0.4, -0.2) is 42.0 Å². The molecule has 2 heterocycles. The van der Waals surface area contributed by atoms with Gasteiger partial charge in [0.15, 0.2) is 5.67 Å². The van der Waals surface area contributed by atoms with Crippen LogP contribution in [0.15, 0.2) is 30.3 Å². The minimum absolute atomic E-state index is 0.0905. The van der Waals surface area contributed by atoms with Gasteiger partial charge in [0.1, 0.15) is 0 Å². The summed E-state index contributed by atoms with van der Waals surface area (Å²) in [6, 6.07) is 9.66. The second kappa shape index (κ2) is 5.57. The monoisotopic (exact) mass is 330 g/mol. The van der Waals surface area contributed by atoms with E-state index in [1.165, 1.54) is 0 Å². The fraction of sp³-hybridized carbons (Fsp3) is 0.579. The first-order valence-electron chi connectivity index (χ1n) is 8.90. The van der Waals surface area contributed by atoms with Crippen LogP contribution in [0, 0.1) is 5.41 Å². The predicted molar refractivity (Wildman–Crippen MR) is 89.3 cm³/mol. The molecule has 2 amide bonds. The number of hydrogen-bond acceptors (Lipinski definition) is 2. The Morgan fingerprint density at radius 3 is 2.42 bits per heavy atom. The highest BCUT2D eigenvalue weighted by Gasteiger charge is 2.53. The van der Waals surface area contributed by atoms with Gasteiger partial charge in [-0.2, -0.15) is 0 Å². The van der Waals surface area contributed by atoms with E-state index in [0.717, 1.165) is 31.4 Å².